The Balaban J connectivity index is 1.49. The van der Waals surface area contributed by atoms with Crippen LogP contribution in [0, 0.1) is 0 Å². The molecule has 1 aromatic heterocycles. The van der Waals surface area contributed by atoms with Gasteiger partial charge in [-0.1, -0.05) is 30.0 Å². The van der Waals surface area contributed by atoms with Crippen molar-refractivity contribution in [1.82, 2.24) is 30.8 Å². The highest BCUT2D eigenvalue weighted by Crippen LogP contribution is 2.17. The standard InChI is InChI=1S/C14H16N6O4S2/c21-12(16-13(22)15-10-6-7-26(23,24)9-10)8-25-14-17-18-19-20(14)11-4-2-1-3-5-11/h1-5,10H,6-9H2,(H2,15,16,21,22)/t10-/m1/s1. The monoisotopic (exact) mass is 396 g/mol. The number of para-hydroxylation sites is 1. The smallest absolute Gasteiger partial charge is 0.321 e. The highest BCUT2D eigenvalue weighted by atomic mass is 32.2. The van der Waals surface area contributed by atoms with Crippen LogP contribution in [-0.2, 0) is 14.6 Å². The molecule has 12 heteroatoms. The summed E-state index contributed by atoms with van der Waals surface area (Å²) >= 11 is 1.08. The van der Waals surface area contributed by atoms with E-state index in [0.717, 1.165) is 17.4 Å². The maximum absolute atomic E-state index is 11.9. The number of benzene rings is 1. The summed E-state index contributed by atoms with van der Waals surface area (Å²) in [7, 11) is -3.10. The third-order valence-electron chi connectivity index (χ3n) is 3.59. The fraction of sp³-hybridized carbons (Fsp3) is 0.357. The van der Waals surface area contributed by atoms with E-state index in [-0.39, 0.29) is 17.3 Å². The summed E-state index contributed by atoms with van der Waals surface area (Å²) in [6.45, 7) is 0. The molecule has 0 spiro atoms. The zero-order chi connectivity index (χ0) is 18.6. The number of hydrogen-bond donors (Lipinski definition) is 2. The average molecular weight is 396 g/mol. The number of nitrogens with one attached hydrogen (secondary N) is 2. The Labute approximate surface area is 153 Å². The van der Waals surface area contributed by atoms with Gasteiger partial charge in [-0.05, 0) is 29.0 Å². The van der Waals surface area contributed by atoms with Crippen molar-refractivity contribution in [3.63, 3.8) is 0 Å². The van der Waals surface area contributed by atoms with Crippen LogP contribution in [0.2, 0.25) is 0 Å². The summed E-state index contributed by atoms with van der Waals surface area (Å²) in [6, 6.07) is 8.01. The van der Waals surface area contributed by atoms with Crippen molar-refractivity contribution in [2.75, 3.05) is 17.3 Å². The minimum Gasteiger partial charge on any atom is -0.334 e. The minimum atomic E-state index is -3.10. The van der Waals surface area contributed by atoms with E-state index >= 15 is 0 Å². The second-order valence-electron chi connectivity index (χ2n) is 5.62. The van der Waals surface area contributed by atoms with Gasteiger partial charge in [-0.25, -0.2) is 13.2 Å². The largest absolute Gasteiger partial charge is 0.334 e. The van der Waals surface area contributed by atoms with Crippen LogP contribution in [0.15, 0.2) is 35.5 Å². The van der Waals surface area contributed by atoms with Crippen LogP contribution < -0.4 is 10.6 Å². The Hall–Kier alpha value is -2.47. The van der Waals surface area contributed by atoms with Gasteiger partial charge in [-0.2, -0.15) is 4.68 Å². The van der Waals surface area contributed by atoms with Crippen LogP contribution in [-0.4, -0.2) is 63.9 Å². The van der Waals surface area contributed by atoms with Gasteiger partial charge >= 0.3 is 6.03 Å². The summed E-state index contributed by atoms with van der Waals surface area (Å²) in [4.78, 5) is 23.7. The van der Waals surface area contributed by atoms with Crippen molar-refractivity contribution in [3.05, 3.63) is 30.3 Å². The maximum Gasteiger partial charge on any atom is 0.321 e. The third kappa shape index (κ3) is 4.79. The molecule has 10 nitrogen and oxygen atoms in total. The van der Waals surface area contributed by atoms with Crippen LogP contribution in [0.25, 0.3) is 5.69 Å². The molecule has 2 heterocycles. The van der Waals surface area contributed by atoms with Gasteiger partial charge in [0.05, 0.1) is 22.9 Å². The summed E-state index contributed by atoms with van der Waals surface area (Å²) in [5.74, 6) is -0.654. The van der Waals surface area contributed by atoms with E-state index in [1.54, 1.807) is 0 Å². The lowest BCUT2D eigenvalue weighted by atomic mass is 10.3. The topological polar surface area (TPSA) is 136 Å². The van der Waals surface area contributed by atoms with E-state index in [0.29, 0.717) is 11.6 Å². The number of tetrazole rings is 1. The van der Waals surface area contributed by atoms with Crippen LogP contribution >= 0.6 is 11.8 Å². The molecule has 1 fully saturated rings. The van der Waals surface area contributed by atoms with Gasteiger partial charge in [-0.3, -0.25) is 10.1 Å². The lowest BCUT2D eigenvalue weighted by Gasteiger charge is -2.11. The molecule has 0 radical (unpaired) electrons. The molecule has 1 aromatic carbocycles. The van der Waals surface area contributed by atoms with Crippen LogP contribution in [0.1, 0.15) is 6.42 Å². The number of urea groups is 1. The van der Waals surface area contributed by atoms with Crippen molar-refractivity contribution in [3.8, 4) is 5.69 Å². The highest BCUT2D eigenvalue weighted by Gasteiger charge is 2.29. The molecule has 1 aliphatic heterocycles. The molecule has 2 N–H and O–H groups in total. The molecule has 2 aromatic rings. The van der Waals surface area contributed by atoms with Crippen molar-refractivity contribution < 1.29 is 18.0 Å². The van der Waals surface area contributed by atoms with E-state index < -0.39 is 27.8 Å². The molecule has 1 aliphatic rings. The van der Waals surface area contributed by atoms with Crippen LogP contribution in [0.4, 0.5) is 4.79 Å². The molecular formula is C14H16N6O4S2. The lowest BCUT2D eigenvalue weighted by molar-refractivity contribution is -0.117. The number of hydrogen-bond acceptors (Lipinski definition) is 8. The van der Waals surface area contributed by atoms with Crippen LogP contribution in [0.5, 0.6) is 0 Å². The Bertz CT molecular complexity index is 899. The highest BCUT2D eigenvalue weighted by molar-refractivity contribution is 7.99. The predicted molar refractivity (Wildman–Crippen MR) is 93.6 cm³/mol. The van der Waals surface area contributed by atoms with E-state index in [2.05, 4.69) is 26.2 Å². The first-order valence-corrected chi connectivity index (χ1v) is 10.5. The number of amides is 3. The van der Waals surface area contributed by atoms with Gasteiger partial charge in [0.2, 0.25) is 11.1 Å². The SMILES string of the molecule is O=C(CSc1nnnn1-c1ccccc1)NC(=O)N[C@@H]1CCS(=O)(=O)C1. The summed E-state index contributed by atoms with van der Waals surface area (Å²) in [5, 5.41) is 16.4. The van der Waals surface area contributed by atoms with Crippen molar-refractivity contribution >= 4 is 33.5 Å². The molecule has 1 saturated heterocycles. The zero-order valence-corrected chi connectivity index (χ0v) is 15.2. The number of imide groups is 1. The predicted octanol–water partition coefficient (Wildman–Crippen LogP) is -0.233. The quantitative estimate of drug-likeness (QED) is 0.661. The Kier molecular flexibility index (Phi) is 5.52. The number of sulfone groups is 1. The van der Waals surface area contributed by atoms with Gasteiger partial charge in [0.15, 0.2) is 9.84 Å². The average Bonchev–Trinajstić information content (AvgIpc) is 3.19. The summed E-state index contributed by atoms with van der Waals surface area (Å²) < 4.78 is 24.2. The van der Waals surface area contributed by atoms with Gasteiger partial charge in [0.1, 0.15) is 0 Å². The van der Waals surface area contributed by atoms with Gasteiger partial charge in [-0.15, -0.1) is 5.10 Å². The lowest BCUT2D eigenvalue weighted by Crippen LogP contribution is -2.45. The zero-order valence-electron chi connectivity index (χ0n) is 13.5. The normalized spacial score (nSPS) is 18.4. The molecule has 3 rings (SSSR count). The molecular weight excluding hydrogens is 380 g/mol. The fourth-order valence-electron chi connectivity index (χ4n) is 2.42. The second-order valence-corrected chi connectivity index (χ2v) is 8.79. The summed E-state index contributed by atoms with van der Waals surface area (Å²) in [5.41, 5.74) is 0.751. The number of nitrogens with zero attached hydrogens (tertiary/aromatic N) is 4. The van der Waals surface area contributed by atoms with Gasteiger partial charge in [0, 0.05) is 6.04 Å². The minimum absolute atomic E-state index is 0.0455. The van der Waals surface area contributed by atoms with Crippen molar-refractivity contribution in [1.29, 1.82) is 0 Å². The molecule has 0 bridgehead atoms. The number of aromatic nitrogens is 4. The molecule has 0 aliphatic carbocycles. The van der Waals surface area contributed by atoms with Crippen molar-refractivity contribution in [2.24, 2.45) is 0 Å². The van der Waals surface area contributed by atoms with Crippen molar-refractivity contribution in [2.45, 2.75) is 17.6 Å². The number of rotatable bonds is 5. The first kappa shape index (κ1) is 18.3. The Morgan fingerprint density at radius 3 is 2.73 bits per heavy atom. The van der Waals surface area contributed by atoms with Crippen LogP contribution in [0.3, 0.4) is 0 Å². The number of carbonyl (C=O) groups excluding carboxylic acids is 2. The van der Waals surface area contributed by atoms with E-state index in [9.17, 15) is 18.0 Å². The Morgan fingerprint density at radius 1 is 1.27 bits per heavy atom. The molecule has 0 saturated carbocycles. The first-order chi connectivity index (χ1) is 12.4. The third-order valence-corrected chi connectivity index (χ3v) is 6.28. The van der Waals surface area contributed by atoms with E-state index in [4.69, 9.17) is 0 Å². The van der Waals surface area contributed by atoms with Gasteiger partial charge in [0.25, 0.3) is 0 Å². The summed E-state index contributed by atoms with van der Waals surface area (Å²) in [6.07, 6.45) is 0.352. The molecule has 26 heavy (non-hydrogen) atoms. The number of thioether (sulfide) groups is 1. The number of carbonyl (C=O) groups is 2. The molecule has 138 valence electrons. The molecule has 1 atom stereocenters. The first-order valence-electron chi connectivity index (χ1n) is 7.70. The molecule has 0 unspecified atom stereocenters. The van der Waals surface area contributed by atoms with Gasteiger partial charge < -0.3 is 5.32 Å². The fourth-order valence-corrected chi connectivity index (χ4v) is 4.79. The molecule has 3 amide bonds. The second kappa shape index (κ2) is 7.83. The Morgan fingerprint density at radius 2 is 2.04 bits per heavy atom. The van der Waals surface area contributed by atoms with E-state index in [1.807, 2.05) is 30.3 Å². The van der Waals surface area contributed by atoms with E-state index in [1.165, 1.54) is 4.68 Å². The maximum atomic E-state index is 11.9.